The molecule has 3 rings (SSSR count). The molecule has 0 aromatic heterocycles. The summed E-state index contributed by atoms with van der Waals surface area (Å²) in [6.07, 6.45) is 5.83. The van der Waals surface area contributed by atoms with Crippen LogP contribution >= 0.6 is 0 Å². The van der Waals surface area contributed by atoms with E-state index in [1.54, 1.807) is 12.0 Å². The van der Waals surface area contributed by atoms with Gasteiger partial charge in [-0.3, -0.25) is 0 Å². The van der Waals surface area contributed by atoms with Crippen LogP contribution in [0.1, 0.15) is 38.2 Å². The van der Waals surface area contributed by atoms with E-state index in [-0.39, 0.29) is 0 Å². The van der Waals surface area contributed by atoms with Crippen molar-refractivity contribution >= 4 is 0 Å². The van der Waals surface area contributed by atoms with Gasteiger partial charge < -0.3 is 14.5 Å². The Morgan fingerprint density at radius 1 is 1.14 bits per heavy atom. The van der Waals surface area contributed by atoms with E-state index in [0.29, 0.717) is 0 Å². The van der Waals surface area contributed by atoms with Crippen LogP contribution in [0.5, 0.6) is 5.75 Å². The normalized spacial score (nSPS) is 32.6. The Morgan fingerprint density at radius 3 is 2.68 bits per heavy atom. The van der Waals surface area contributed by atoms with Gasteiger partial charge in [0.25, 0.3) is 0 Å². The summed E-state index contributed by atoms with van der Waals surface area (Å²) in [6, 6.07) is 9.51. The van der Waals surface area contributed by atoms with Crippen molar-refractivity contribution in [2.24, 2.45) is 5.92 Å². The summed E-state index contributed by atoms with van der Waals surface area (Å²) >= 11 is 0. The Balaban J connectivity index is 1.49. The van der Waals surface area contributed by atoms with Crippen molar-refractivity contribution in [1.29, 1.82) is 0 Å². The molecule has 0 unspecified atom stereocenters. The van der Waals surface area contributed by atoms with E-state index in [0.717, 1.165) is 24.3 Å². The molecule has 1 aliphatic carbocycles. The average Bonchev–Trinajstić information content (AvgIpc) is 2.56. The molecule has 2 atom stereocenters. The van der Waals surface area contributed by atoms with Gasteiger partial charge in [-0.25, -0.2) is 0 Å². The number of hydrogen-bond acceptors (Lipinski definition) is 1. The lowest BCUT2D eigenvalue weighted by Gasteiger charge is -2.37. The molecule has 2 N–H and O–H groups in total. The predicted molar refractivity (Wildman–Crippen MR) is 89.5 cm³/mol. The maximum Gasteiger partial charge on any atom is 0.127 e. The van der Waals surface area contributed by atoms with Gasteiger partial charge in [0.15, 0.2) is 0 Å². The minimum absolute atomic E-state index is 0.946. The molecule has 1 saturated carbocycles. The summed E-state index contributed by atoms with van der Waals surface area (Å²) in [5.41, 5.74) is 1.41. The highest BCUT2D eigenvalue weighted by molar-refractivity contribution is 5.27. The third-order valence-electron chi connectivity index (χ3n) is 5.70. The zero-order valence-electron chi connectivity index (χ0n) is 14.2. The lowest BCUT2D eigenvalue weighted by molar-refractivity contribution is -1.03. The van der Waals surface area contributed by atoms with E-state index < -0.39 is 0 Å². The summed E-state index contributed by atoms with van der Waals surface area (Å²) in [5, 5.41) is 0. The first-order valence-electron chi connectivity index (χ1n) is 9.05. The molecule has 0 spiro atoms. The van der Waals surface area contributed by atoms with Crippen LogP contribution in [0.25, 0.3) is 0 Å². The molecule has 3 heteroatoms. The van der Waals surface area contributed by atoms with Gasteiger partial charge in [-0.15, -0.1) is 0 Å². The monoisotopic (exact) mass is 304 g/mol. The predicted octanol–water partition coefficient (Wildman–Crippen LogP) is 0.557. The minimum Gasteiger partial charge on any atom is -0.497 e. The molecule has 1 aliphatic heterocycles. The van der Waals surface area contributed by atoms with E-state index in [2.05, 4.69) is 25.1 Å². The lowest BCUT2D eigenvalue weighted by atomic mass is 9.86. The zero-order chi connectivity index (χ0) is 15.4. The largest absolute Gasteiger partial charge is 0.497 e. The Bertz CT molecular complexity index is 468. The van der Waals surface area contributed by atoms with Crippen molar-refractivity contribution in [3.05, 3.63) is 29.8 Å². The van der Waals surface area contributed by atoms with Gasteiger partial charge in [-0.1, -0.05) is 25.5 Å². The number of benzene rings is 1. The number of nitrogens with one attached hydrogen (secondary N) is 2. The molecule has 0 amide bonds. The van der Waals surface area contributed by atoms with Crippen LogP contribution in [-0.4, -0.2) is 39.3 Å². The minimum atomic E-state index is 0.946. The summed E-state index contributed by atoms with van der Waals surface area (Å²) < 4.78 is 5.34. The van der Waals surface area contributed by atoms with Crippen LogP contribution in [0.2, 0.25) is 0 Å². The van der Waals surface area contributed by atoms with Gasteiger partial charge in [0.05, 0.1) is 13.2 Å². The van der Waals surface area contributed by atoms with Crippen molar-refractivity contribution in [2.75, 3.05) is 33.3 Å². The molecule has 1 saturated heterocycles. The fourth-order valence-corrected chi connectivity index (χ4v) is 4.39. The second-order valence-electron chi connectivity index (χ2n) is 7.41. The van der Waals surface area contributed by atoms with Crippen molar-refractivity contribution in [3.63, 3.8) is 0 Å². The maximum atomic E-state index is 5.34. The fraction of sp³-hybridized carbons (Fsp3) is 0.684. The fourth-order valence-electron chi connectivity index (χ4n) is 4.39. The second kappa shape index (κ2) is 7.47. The highest BCUT2D eigenvalue weighted by atomic mass is 16.5. The van der Waals surface area contributed by atoms with E-state index in [9.17, 15) is 0 Å². The van der Waals surface area contributed by atoms with Crippen LogP contribution in [0.15, 0.2) is 24.3 Å². The third kappa shape index (κ3) is 4.02. The van der Waals surface area contributed by atoms with Gasteiger partial charge >= 0.3 is 0 Å². The molecule has 2 aliphatic rings. The summed E-state index contributed by atoms with van der Waals surface area (Å²) in [5.74, 6) is 1.94. The van der Waals surface area contributed by atoms with Crippen LogP contribution in [0, 0.1) is 5.92 Å². The Hall–Kier alpha value is -1.06. The first-order valence-corrected chi connectivity index (χ1v) is 9.05. The topological polar surface area (TPSA) is 18.1 Å². The molecular weight excluding hydrogens is 272 g/mol. The molecule has 1 heterocycles. The number of piperazine rings is 1. The number of ether oxygens (including phenoxy) is 1. The van der Waals surface area contributed by atoms with E-state index >= 15 is 0 Å². The van der Waals surface area contributed by atoms with Crippen LogP contribution < -0.4 is 14.5 Å². The molecular formula is C19H32N2O+2. The van der Waals surface area contributed by atoms with Gasteiger partial charge in [0.2, 0.25) is 0 Å². The molecule has 0 bridgehead atoms. The highest BCUT2D eigenvalue weighted by Crippen LogP contribution is 2.21. The summed E-state index contributed by atoms with van der Waals surface area (Å²) in [6.45, 7) is 8.93. The standard InChI is InChI=1S/C19H30N2O/c1-16-5-3-7-18(13-16)21-11-9-20(10-12-21)15-17-6-4-8-19(14-17)22-2/h4,6,8,14,16,18H,3,5,7,9-13,15H2,1-2H3/p+2/t16-,18+/m1/s1. The molecule has 3 nitrogen and oxygen atoms in total. The summed E-state index contributed by atoms with van der Waals surface area (Å²) in [7, 11) is 1.75. The van der Waals surface area contributed by atoms with Gasteiger partial charge in [0, 0.05) is 12.0 Å². The number of methoxy groups -OCH3 is 1. The van der Waals surface area contributed by atoms with Gasteiger partial charge in [0.1, 0.15) is 38.5 Å². The van der Waals surface area contributed by atoms with E-state index in [1.807, 2.05) is 11.0 Å². The molecule has 2 fully saturated rings. The quantitative estimate of drug-likeness (QED) is 0.832. The van der Waals surface area contributed by atoms with Gasteiger partial charge in [-0.05, 0) is 30.9 Å². The SMILES string of the molecule is COc1cccc(C[NH+]2CC[NH+]([C@H]3CCC[C@@H](C)C3)CC2)c1. The van der Waals surface area contributed by atoms with E-state index in [1.165, 1.54) is 57.4 Å². The number of hydrogen-bond donors (Lipinski definition) is 2. The smallest absolute Gasteiger partial charge is 0.127 e. The molecule has 22 heavy (non-hydrogen) atoms. The van der Waals surface area contributed by atoms with E-state index in [4.69, 9.17) is 4.74 Å². The molecule has 122 valence electrons. The van der Waals surface area contributed by atoms with Crippen molar-refractivity contribution < 1.29 is 14.5 Å². The Kier molecular flexibility index (Phi) is 5.37. The number of quaternary nitrogens is 2. The first-order chi connectivity index (χ1) is 10.7. The Labute approximate surface area is 135 Å². The molecule has 1 aromatic rings. The third-order valence-corrected chi connectivity index (χ3v) is 5.70. The first kappa shape index (κ1) is 15.8. The maximum absolute atomic E-state index is 5.34. The van der Waals surface area contributed by atoms with Crippen LogP contribution in [-0.2, 0) is 6.54 Å². The zero-order valence-corrected chi connectivity index (χ0v) is 14.2. The van der Waals surface area contributed by atoms with Crippen molar-refractivity contribution in [2.45, 2.75) is 45.2 Å². The van der Waals surface area contributed by atoms with Crippen molar-refractivity contribution in [1.82, 2.24) is 0 Å². The second-order valence-corrected chi connectivity index (χ2v) is 7.41. The average molecular weight is 304 g/mol. The highest BCUT2D eigenvalue weighted by Gasteiger charge is 2.32. The molecule has 1 aromatic carbocycles. The number of rotatable bonds is 4. The summed E-state index contributed by atoms with van der Waals surface area (Å²) in [4.78, 5) is 3.63. The lowest BCUT2D eigenvalue weighted by Crippen LogP contribution is -3.29. The van der Waals surface area contributed by atoms with Gasteiger partial charge in [-0.2, -0.15) is 0 Å². The van der Waals surface area contributed by atoms with Crippen LogP contribution in [0.4, 0.5) is 0 Å². The van der Waals surface area contributed by atoms with Crippen molar-refractivity contribution in [3.8, 4) is 5.75 Å². The molecule has 0 radical (unpaired) electrons. The Morgan fingerprint density at radius 2 is 1.95 bits per heavy atom. The van der Waals surface area contributed by atoms with Crippen LogP contribution in [0.3, 0.4) is 0 Å².